The molecule has 0 bridgehead atoms. The number of aliphatic hydroxyl groups is 2. The van der Waals surface area contributed by atoms with Crippen molar-refractivity contribution in [2.75, 3.05) is 13.6 Å². The number of aliphatic hydroxyl groups excluding tert-OH is 1. The Morgan fingerprint density at radius 2 is 2.22 bits per heavy atom. The van der Waals surface area contributed by atoms with Gasteiger partial charge in [-0.05, 0) is 25.5 Å². The zero-order valence-corrected chi connectivity index (χ0v) is 13.9. The van der Waals surface area contributed by atoms with Crippen LogP contribution < -0.4 is 0 Å². The average Bonchev–Trinajstić information content (AvgIpc) is 2.67. The second-order valence-corrected chi connectivity index (χ2v) is 5.91. The maximum Gasteiger partial charge on any atom is 0.319 e. The van der Waals surface area contributed by atoms with Crippen molar-refractivity contribution in [3.63, 3.8) is 0 Å². The van der Waals surface area contributed by atoms with E-state index in [9.17, 15) is 20.3 Å². The van der Waals surface area contributed by atoms with E-state index >= 15 is 0 Å². The molecule has 2 rings (SSSR count). The molecule has 0 amide bonds. The van der Waals surface area contributed by atoms with Gasteiger partial charge in [0.1, 0.15) is 5.15 Å². The molecule has 2 atom stereocenters. The molecule has 2 heterocycles. The minimum Gasteiger partial charge on any atom is -0.378 e. The molecule has 9 heteroatoms. The van der Waals surface area contributed by atoms with Crippen LogP contribution in [0.2, 0.25) is 5.15 Å². The van der Waals surface area contributed by atoms with Gasteiger partial charge in [0.25, 0.3) is 0 Å². The van der Waals surface area contributed by atoms with Crippen LogP contribution >= 0.6 is 11.6 Å². The van der Waals surface area contributed by atoms with Gasteiger partial charge in [0.05, 0.1) is 4.92 Å². The Balaban J connectivity index is 2.41. The Hall–Kier alpha value is -1.90. The molecular weight excluding hydrogens is 324 g/mol. The van der Waals surface area contributed by atoms with Crippen molar-refractivity contribution in [2.45, 2.75) is 32.2 Å². The zero-order valence-electron chi connectivity index (χ0n) is 13.1. The molecule has 1 aromatic rings. The molecule has 0 saturated heterocycles. The quantitative estimate of drug-likeness (QED) is 0.467. The third-order valence-electron chi connectivity index (χ3n) is 4.04. The lowest BCUT2D eigenvalue weighted by molar-refractivity contribution is -0.439. The standard InChI is InChI=1S/C14H19ClN4O4/c1-4-18(8-9-5-6-10(15)16-7-9)13-11(19(22)23)12(20)14(2,21)17(13)3/h5-7,12,20-21H,4,8H2,1-3H3. The number of likely N-dealkylation sites (N-methyl/N-ethyl adjacent to an activating group) is 1. The van der Waals surface area contributed by atoms with Gasteiger partial charge in [0.15, 0.2) is 17.6 Å². The molecule has 0 aromatic carbocycles. The highest BCUT2D eigenvalue weighted by Crippen LogP contribution is 2.36. The van der Waals surface area contributed by atoms with Crippen LogP contribution in [0.1, 0.15) is 19.4 Å². The summed E-state index contributed by atoms with van der Waals surface area (Å²) >= 11 is 5.76. The van der Waals surface area contributed by atoms with Crippen LogP contribution in [0, 0.1) is 10.1 Å². The van der Waals surface area contributed by atoms with Gasteiger partial charge in [-0.25, -0.2) is 4.98 Å². The lowest BCUT2D eigenvalue weighted by Crippen LogP contribution is -2.49. The summed E-state index contributed by atoms with van der Waals surface area (Å²) in [5.74, 6) is 0.185. The lowest BCUT2D eigenvalue weighted by atomic mass is 10.1. The molecule has 8 nitrogen and oxygen atoms in total. The second kappa shape index (κ2) is 6.31. The van der Waals surface area contributed by atoms with E-state index in [-0.39, 0.29) is 5.82 Å². The smallest absolute Gasteiger partial charge is 0.319 e. The van der Waals surface area contributed by atoms with Gasteiger partial charge >= 0.3 is 5.70 Å². The number of hydrogen-bond acceptors (Lipinski definition) is 7. The van der Waals surface area contributed by atoms with Crippen molar-refractivity contribution in [3.05, 3.63) is 50.7 Å². The summed E-state index contributed by atoms with van der Waals surface area (Å²) in [5, 5.41) is 32.2. The van der Waals surface area contributed by atoms with E-state index in [4.69, 9.17) is 11.6 Å². The van der Waals surface area contributed by atoms with Crippen LogP contribution in [-0.4, -0.2) is 55.3 Å². The van der Waals surface area contributed by atoms with Gasteiger partial charge < -0.3 is 20.0 Å². The second-order valence-electron chi connectivity index (χ2n) is 5.52. The summed E-state index contributed by atoms with van der Waals surface area (Å²) in [4.78, 5) is 17.7. The fraction of sp³-hybridized carbons (Fsp3) is 0.500. The number of nitrogens with zero attached hydrogens (tertiary/aromatic N) is 4. The highest BCUT2D eigenvalue weighted by atomic mass is 35.5. The van der Waals surface area contributed by atoms with Crippen LogP contribution in [0.4, 0.5) is 0 Å². The molecule has 23 heavy (non-hydrogen) atoms. The summed E-state index contributed by atoms with van der Waals surface area (Å²) in [5.41, 5.74) is -1.36. The van der Waals surface area contributed by atoms with E-state index in [1.165, 1.54) is 18.9 Å². The molecule has 2 unspecified atom stereocenters. The van der Waals surface area contributed by atoms with Crippen LogP contribution in [0.25, 0.3) is 0 Å². The van der Waals surface area contributed by atoms with Crippen molar-refractivity contribution in [2.24, 2.45) is 0 Å². The van der Waals surface area contributed by atoms with E-state index in [1.807, 2.05) is 6.92 Å². The van der Waals surface area contributed by atoms with Gasteiger partial charge in [-0.1, -0.05) is 17.7 Å². The first kappa shape index (κ1) is 17.5. The minimum absolute atomic E-state index is 0.185. The summed E-state index contributed by atoms with van der Waals surface area (Å²) in [6, 6.07) is 3.41. The SMILES string of the molecule is CCN(Cc1ccc(Cl)nc1)C1=C([N+](=O)[O-])C(O)C(C)(O)N1C. The Morgan fingerprint density at radius 3 is 2.70 bits per heavy atom. The van der Waals surface area contributed by atoms with E-state index in [1.54, 1.807) is 23.2 Å². The molecule has 2 N–H and O–H groups in total. The summed E-state index contributed by atoms with van der Waals surface area (Å²) in [6.45, 7) is 3.95. The van der Waals surface area contributed by atoms with Crippen LogP contribution in [0.3, 0.4) is 0 Å². The normalized spacial score (nSPS) is 24.3. The van der Waals surface area contributed by atoms with Gasteiger partial charge in [0, 0.05) is 26.3 Å². The number of hydrogen-bond donors (Lipinski definition) is 2. The topological polar surface area (TPSA) is 103 Å². The van der Waals surface area contributed by atoms with E-state index in [0.29, 0.717) is 18.2 Å². The zero-order chi connectivity index (χ0) is 17.4. The molecule has 0 aliphatic carbocycles. The summed E-state index contributed by atoms with van der Waals surface area (Å²) in [6.07, 6.45) is -0.0177. The number of rotatable bonds is 5. The highest BCUT2D eigenvalue weighted by molar-refractivity contribution is 6.29. The van der Waals surface area contributed by atoms with E-state index in [0.717, 1.165) is 5.56 Å². The maximum atomic E-state index is 11.4. The highest BCUT2D eigenvalue weighted by Gasteiger charge is 2.54. The largest absolute Gasteiger partial charge is 0.378 e. The predicted octanol–water partition coefficient (Wildman–Crippen LogP) is 1.02. The molecule has 0 saturated carbocycles. The van der Waals surface area contributed by atoms with Crippen molar-refractivity contribution in [3.8, 4) is 0 Å². The van der Waals surface area contributed by atoms with Crippen molar-refractivity contribution < 1.29 is 15.1 Å². The van der Waals surface area contributed by atoms with E-state index in [2.05, 4.69) is 4.98 Å². The molecular formula is C14H19ClN4O4. The van der Waals surface area contributed by atoms with Crippen molar-refractivity contribution in [1.82, 2.24) is 14.8 Å². The predicted molar refractivity (Wildman–Crippen MR) is 83.7 cm³/mol. The average molecular weight is 343 g/mol. The van der Waals surface area contributed by atoms with Gasteiger partial charge in [-0.15, -0.1) is 0 Å². The first-order valence-electron chi connectivity index (χ1n) is 7.08. The summed E-state index contributed by atoms with van der Waals surface area (Å²) < 4.78 is 0. The van der Waals surface area contributed by atoms with Crippen molar-refractivity contribution >= 4 is 11.6 Å². The van der Waals surface area contributed by atoms with Crippen LogP contribution in [0.15, 0.2) is 29.8 Å². The van der Waals surface area contributed by atoms with E-state index < -0.39 is 22.4 Å². The number of halogens is 1. The number of nitro groups is 1. The molecule has 0 fully saturated rings. The molecule has 0 spiro atoms. The van der Waals surface area contributed by atoms with Gasteiger partial charge in [0.2, 0.25) is 0 Å². The molecule has 126 valence electrons. The first-order valence-corrected chi connectivity index (χ1v) is 7.46. The van der Waals surface area contributed by atoms with Crippen LogP contribution in [-0.2, 0) is 6.54 Å². The molecule has 1 aliphatic heterocycles. The first-order chi connectivity index (χ1) is 10.7. The minimum atomic E-state index is -1.75. The summed E-state index contributed by atoms with van der Waals surface area (Å²) in [7, 11) is 1.51. The molecule has 1 aromatic heterocycles. The number of pyridine rings is 1. The van der Waals surface area contributed by atoms with Gasteiger partial charge in [-0.3, -0.25) is 10.1 Å². The fourth-order valence-electron chi connectivity index (χ4n) is 2.56. The van der Waals surface area contributed by atoms with Crippen molar-refractivity contribution in [1.29, 1.82) is 0 Å². The monoisotopic (exact) mass is 342 g/mol. The Bertz CT molecular complexity index is 632. The Labute approximate surface area is 138 Å². The third-order valence-corrected chi connectivity index (χ3v) is 4.27. The lowest BCUT2D eigenvalue weighted by Gasteiger charge is -2.35. The molecule has 0 radical (unpaired) electrons. The Morgan fingerprint density at radius 1 is 1.57 bits per heavy atom. The number of aromatic nitrogens is 1. The molecule has 1 aliphatic rings. The van der Waals surface area contributed by atoms with Gasteiger partial charge in [-0.2, -0.15) is 0 Å². The van der Waals surface area contributed by atoms with Crippen LogP contribution in [0.5, 0.6) is 0 Å². The fourth-order valence-corrected chi connectivity index (χ4v) is 2.68. The Kier molecular flexibility index (Phi) is 4.79. The third kappa shape index (κ3) is 3.10. The maximum absolute atomic E-state index is 11.4.